The van der Waals surface area contributed by atoms with Crippen LogP contribution in [0.3, 0.4) is 0 Å². The first-order valence-electron chi connectivity index (χ1n) is 9.38. The van der Waals surface area contributed by atoms with Gasteiger partial charge in [-0.2, -0.15) is 4.98 Å². The van der Waals surface area contributed by atoms with Gasteiger partial charge in [-0.25, -0.2) is 4.98 Å². The molecule has 0 unspecified atom stereocenters. The molecule has 31 heavy (non-hydrogen) atoms. The number of rotatable bonds is 6. The van der Waals surface area contributed by atoms with E-state index in [1.54, 1.807) is 11.7 Å². The van der Waals surface area contributed by atoms with E-state index < -0.39 is 0 Å². The normalized spacial score (nSPS) is 11.1. The quantitative estimate of drug-likeness (QED) is 0.273. The highest BCUT2D eigenvalue weighted by Gasteiger charge is 2.16. The number of nitrogens with zero attached hydrogens (tertiary/aromatic N) is 4. The molecule has 0 spiro atoms. The lowest BCUT2D eigenvalue weighted by atomic mass is 10.2. The van der Waals surface area contributed by atoms with Gasteiger partial charge < -0.3 is 9.26 Å². The summed E-state index contributed by atoms with van der Waals surface area (Å²) in [5.41, 5.74) is 2.20. The van der Waals surface area contributed by atoms with Crippen molar-refractivity contribution in [2.75, 3.05) is 7.11 Å². The average Bonchev–Trinajstić information content (AvgIpc) is 3.48. The number of hydrogen-bond acceptors (Lipinski definition) is 8. The van der Waals surface area contributed by atoms with E-state index in [9.17, 15) is 4.79 Å². The minimum atomic E-state index is -0.0850. The van der Waals surface area contributed by atoms with Gasteiger partial charge in [-0.1, -0.05) is 35.1 Å². The van der Waals surface area contributed by atoms with Crippen LogP contribution in [0.4, 0.5) is 0 Å². The number of fused-ring (bicyclic) bond motifs is 1. The van der Waals surface area contributed by atoms with Crippen LogP contribution in [0.25, 0.3) is 27.3 Å². The van der Waals surface area contributed by atoms with Crippen LogP contribution in [-0.4, -0.2) is 26.8 Å². The average molecular weight is 449 g/mol. The van der Waals surface area contributed by atoms with Gasteiger partial charge in [-0.05, 0) is 47.8 Å². The van der Waals surface area contributed by atoms with Crippen molar-refractivity contribution < 1.29 is 9.26 Å². The van der Waals surface area contributed by atoms with Gasteiger partial charge in [0.25, 0.3) is 5.56 Å². The summed E-state index contributed by atoms with van der Waals surface area (Å²) in [4.78, 5) is 22.3. The summed E-state index contributed by atoms with van der Waals surface area (Å²) < 4.78 is 12.9. The Morgan fingerprint density at radius 3 is 2.65 bits per heavy atom. The van der Waals surface area contributed by atoms with Crippen LogP contribution < -0.4 is 10.3 Å². The predicted molar refractivity (Wildman–Crippen MR) is 121 cm³/mol. The van der Waals surface area contributed by atoms with Gasteiger partial charge in [0, 0.05) is 5.56 Å². The van der Waals surface area contributed by atoms with Crippen LogP contribution >= 0.6 is 23.1 Å². The summed E-state index contributed by atoms with van der Waals surface area (Å²) >= 11 is 2.78. The van der Waals surface area contributed by atoms with Gasteiger partial charge in [0.15, 0.2) is 5.16 Å². The molecule has 3 heterocycles. The van der Waals surface area contributed by atoms with E-state index in [2.05, 4.69) is 10.1 Å². The third-order valence-corrected chi connectivity index (χ3v) is 6.42. The summed E-state index contributed by atoms with van der Waals surface area (Å²) in [5.74, 6) is 2.10. The molecule has 2 aromatic carbocycles. The summed E-state index contributed by atoms with van der Waals surface area (Å²) in [5, 5.41) is 6.52. The minimum absolute atomic E-state index is 0.0850. The first-order valence-corrected chi connectivity index (χ1v) is 11.2. The molecule has 0 aliphatic rings. The van der Waals surface area contributed by atoms with Gasteiger partial charge in [0.2, 0.25) is 11.7 Å². The maximum Gasteiger partial charge on any atom is 0.276 e. The molecule has 7 nitrogen and oxygen atoms in total. The van der Waals surface area contributed by atoms with Crippen molar-refractivity contribution in [3.63, 3.8) is 0 Å². The minimum Gasteiger partial charge on any atom is -0.497 e. The molecule has 0 N–H and O–H groups in total. The molecule has 0 amide bonds. The van der Waals surface area contributed by atoms with E-state index in [4.69, 9.17) is 14.2 Å². The second-order valence-electron chi connectivity index (χ2n) is 6.53. The number of hydrogen-bond donors (Lipinski definition) is 0. The zero-order valence-corrected chi connectivity index (χ0v) is 18.0. The zero-order valence-electron chi connectivity index (χ0n) is 16.4. The lowest BCUT2D eigenvalue weighted by molar-refractivity contribution is 0.391. The topological polar surface area (TPSA) is 83.0 Å². The Hall–Kier alpha value is -3.43. The van der Waals surface area contributed by atoms with Gasteiger partial charge in [-0.15, -0.1) is 11.3 Å². The third-order valence-electron chi connectivity index (χ3n) is 4.60. The summed E-state index contributed by atoms with van der Waals surface area (Å²) in [6, 6.07) is 18.8. The van der Waals surface area contributed by atoms with Crippen molar-refractivity contribution in [2.45, 2.75) is 10.9 Å². The number of aromatic nitrogens is 4. The van der Waals surface area contributed by atoms with E-state index in [1.807, 2.05) is 66.0 Å². The lowest BCUT2D eigenvalue weighted by Gasteiger charge is -2.11. The van der Waals surface area contributed by atoms with Crippen molar-refractivity contribution >= 4 is 33.3 Å². The number of ether oxygens (including phenoxy) is 1. The number of thiophene rings is 1. The van der Waals surface area contributed by atoms with E-state index in [0.29, 0.717) is 32.8 Å². The molecular weight excluding hydrogens is 432 g/mol. The molecule has 0 saturated heterocycles. The van der Waals surface area contributed by atoms with Gasteiger partial charge in [0.1, 0.15) is 10.4 Å². The van der Waals surface area contributed by atoms with Crippen molar-refractivity contribution in [2.24, 2.45) is 0 Å². The Bertz CT molecular complexity index is 1390. The largest absolute Gasteiger partial charge is 0.497 e. The Labute approximate surface area is 185 Å². The number of methoxy groups -OCH3 is 1. The van der Waals surface area contributed by atoms with Crippen molar-refractivity contribution in [1.29, 1.82) is 0 Å². The molecule has 0 aliphatic heterocycles. The van der Waals surface area contributed by atoms with Crippen molar-refractivity contribution in [1.82, 2.24) is 19.7 Å². The second-order valence-corrected chi connectivity index (χ2v) is 8.39. The summed E-state index contributed by atoms with van der Waals surface area (Å²) in [6.45, 7) is 0. The van der Waals surface area contributed by atoms with Crippen molar-refractivity contribution in [3.05, 3.63) is 82.3 Å². The first-order chi connectivity index (χ1) is 15.2. The van der Waals surface area contributed by atoms with E-state index in [0.717, 1.165) is 17.0 Å². The second kappa shape index (κ2) is 8.37. The standard InChI is InChI=1S/C22H16N4O3S2/c1-28-16-9-7-14(8-10-16)20-24-18(29-25-20)13-31-22-23-17-11-12-30-19(17)21(27)26(22)15-5-3-2-4-6-15/h2-12H,13H2,1H3. The van der Waals surface area contributed by atoms with Gasteiger partial charge in [-0.3, -0.25) is 9.36 Å². The monoisotopic (exact) mass is 448 g/mol. The maximum absolute atomic E-state index is 13.1. The predicted octanol–water partition coefficient (Wildman–Crippen LogP) is 4.80. The molecule has 0 radical (unpaired) electrons. The fraction of sp³-hybridized carbons (Fsp3) is 0.0909. The van der Waals surface area contributed by atoms with Crippen LogP contribution in [-0.2, 0) is 5.75 Å². The Morgan fingerprint density at radius 2 is 1.87 bits per heavy atom. The molecule has 9 heteroatoms. The zero-order chi connectivity index (χ0) is 21.2. The molecule has 5 aromatic rings. The van der Waals surface area contributed by atoms with Crippen LogP contribution in [0.15, 0.2) is 80.5 Å². The Balaban J connectivity index is 1.45. The molecule has 0 saturated carbocycles. The summed E-state index contributed by atoms with van der Waals surface area (Å²) in [6.07, 6.45) is 0. The number of benzene rings is 2. The van der Waals surface area contributed by atoms with E-state index in [-0.39, 0.29) is 5.56 Å². The maximum atomic E-state index is 13.1. The molecule has 3 aromatic heterocycles. The van der Waals surface area contributed by atoms with Crippen LogP contribution in [0.1, 0.15) is 5.89 Å². The van der Waals surface area contributed by atoms with Crippen LogP contribution in [0.5, 0.6) is 5.75 Å². The molecule has 154 valence electrons. The number of para-hydroxylation sites is 1. The van der Waals surface area contributed by atoms with Crippen molar-refractivity contribution in [3.8, 4) is 22.8 Å². The summed E-state index contributed by atoms with van der Waals surface area (Å²) in [7, 11) is 1.62. The molecular formula is C22H16N4O3S2. The fourth-order valence-electron chi connectivity index (χ4n) is 3.09. The highest BCUT2D eigenvalue weighted by Crippen LogP contribution is 2.27. The SMILES string of the molecule is COc1ccc(-c2noc(CSc3nc4ccsc4c(=O)n3-c3ccccc3)n2)cc1. The highest BCUT2D eigenvalue weighted by atomic mass is 32.2. The highest BCUT2D eigenvalue weighted by molar-refractivity contribution is 7.98. The Kier molecular flexibility index (Phi) is 5.27. The van der Waals surface area contributed by atoms with E-state index in [1.165, 1.54) is 23.1 Å². The molecule has 0 bridgehead atoms. The van der Waals surface area contributed by atoms with Crippen LogP contribution in [0.2, 0.25) is 0 Å². The third kappa shape index (κ3) is 3.85. The molecule has 0 fully saturated rings. The molecule has 0 atom stereocenters. The van der Waals surface area contributed by atoms with Gasteiger partial charge in [0.05, 0.1) is 24.1 Å². The number of thioether (sulfide) groups is 1. The smallest absolute Gasteiger partial charge is 0.276 e. The molecule has 0 aliphatic carbocycles. The Morgan fingerprint density at radius 1 is 1.06 bits per heavy atom. The van der Waals surface area contributed by atoms with E-state index >= 15 is 0 Å². The molecule has 5 rings (SSSR count). The van der Waals surface area contributed by atoms with Gasteiger partial charge >= 0.3 is 0 Å². The lowest BCUT2D eigenvalue weighted by Crippen LogP contribution is -2.20. The fourth-order valence-corrected chi connectivity index (χ4v) is 4.70. The van der Waals surface area contributed by atoms with Crippen LogP contribution in [0, 0.1) is 0 Å². The first kappa shape index (κ1) is 19.5.